The molecule has 1 aromatic carbocycles. The predicted molar refractivity (Wildman–Crippen MR) is 104 cm³/mol. The SMILES string of the molecule is O=C(CSc1nccc(-c2ccccn2)n1)NCCc1cccc(C(F)(F)F)c1. The van der Waals surface area contributed by atoms with Crippen LogP contribution >= 0.6 is 11.8 Å². The van der Waals surface area contributed by atoms with Crippen molar-refractivity contribution in [2.75, 3.05) is 12.3 Å². The number of pyridine rings is 1. The van der Waals surface area contributed by atoms with E-state index in [0.717, 1.165) is 12.1 Å². The standard InChI is InChI=1S/C20H17F3N4OS/c21-20(22,23)15-5-3-4-14(12-15)7-10-25-18(28)13-29-19-26-11-8-17(27-19)16-6-1-2-9-24-16/h1-6,8-9,11-12H,7,10,13H2,(H,25,28). The van der Waals surface area contributed by atoms with Crippen molar-refractivity contribution in [2.24, 2.45) is 0 Å². The summed E-state index contributed by atoms with van der Waals surface area (Å²) in [6.45, 7) is 0.246. The van der Waals surface area contributed by atoms with E-state index in [1.807, 2.05) is 18.2 Å². The van der Waals surface area contributed by atoms with E-state index in [-0.39, 0.29) is 18.2 Å². The Morgan fingerprint density at radius 2 is 1.86 bits per heavy atom. The van der Waals surface area contributed by atoms with Gasteiger partial charge < -0.3 is 5.32 Å². The summed E-state index contributed by atoms with van der Waals surface area (Å²) in [5, 5.41) is 3.14. The smallest absolute Gasteiger partial charge is 0.355 e. The highest BCUT2D eigenvalue weighted by Gasteiger charge is 2.30. The first-order valence-corrected chi connectivity index (χ1v) is 9.70. The minimum absolute atomic E-state index is 0.105. The molecule has 5 nitrogen and oxygen atoms in total. The molecule has 1 N–H and O–H groups in total. The van der Waals surface area contributed by atoms with Crippen molar-refractivity contribution >= 4 is 17.7 Å². The second kappa shape index (κ2) is 9.51. The van der Waals surface area contributed by atoms with Crippen LogP contribution in [0.15, 0.2) is 66.1 Å². The molecule has 0 fully saturated rings. The van der Waals surface area contributed by atoms with Gasteiger partial charge in [-0.05, 0) is 36.2 Å². The van der Waals surface area contributed by atoms with Crippen LogP contribution in [-0.4, -0.2) is 33.2 Å². The van der Waals surface area contributed by atoms with E-state index < -0.39 is 11.7 Å². The van der Waals surface area contributed by atoms with Gasteiger partial charge in [-0.3, -0.25) is 9.78 Å². The Kier molecular flexibility index (Phi) is 6.82. The van der Waals surface area contributed by atoms with Crippen molar-refractivity contribution in [3.05, 3.63) is 72.1 Å². The quantitative estimate of drug-likeness (QED) is 0.464. The van der Waals surface area contributed by atoms with E-state index in [0.29, 0.717) is 28.5 Å². The zero-order valence-electron chi connectivity index (χ0n) is 15.2. The second-order valence-corrected chi connectivity index (χ2v) is 6.97. The maximum absolute atomic E-state index is 12.7. The molecule has 3 aromatic rings. The van der Waals surface area contributed by atoms with Gasteiger partial charge in [0, 0.05) is 18.9 Å². The molecule has 0 saturated heterocycles. The largest absolute Gasteiger partial charge is 0.416 e. The highest BCUT2D eigenvalue weighted by Crippen LogP contribution is 2.29. The fourth-order valence-electron chi connectivity index (χ4n) is 2.50. The lowest BCUT2D eigenvalue weighted by molar-refractivity contribution is -0.137. The average molecular weight is 418 g/mol. The summed E-state index contributed by atoms with van der Waals surface area (Å²) in [6.07, 6.45) is -0.793. The molecule has 0 aliphatic rings. The second-order valence-electron chi connectivity index (χ2n) is 6.03. The van der Waals surface area contributed by atoms with Crippen molar-refractivity contribution in [2.45, 2.75) is 17.8 Å². The number of aromatic nitrogens is 3. The van der Waals surface area contributed by atoms with Gasteiger partial charge in [0.05, 0.1) is 22.7 Å². The number of rotatable bonds is 7. The number of halogens is 3. The Labute approximate surface area is 169 Å². The number of amides is 1. The molecule has 0 spiro atoms. The van der Waals surface area contributed by atoms with Crippen LogP contribution in [0.3, 0.4) is 0 Å². The third-order valence-corrected chi connectivity index (χ3v) is 4.74. The molecule has 29 heavy (non-hydrogen) atoms. The summed E-state index contributed by atoms with van der Waals surface area (Å²) in [7, 11) is 0. The van der Waals surface area contributed by atoms with Crippen LogP contribution in [0.4, 0.5) is 13.2 Å². The Morgan fingerprint density at radius 1 is 1.00 bits per heavy atom. The Bertz CT molecular complexity index is 967. The minimum Gasteiger partial charge on any atom is -0.355 e. The van der Waals surface area contributed by atoms with E-state index in [9.17, 15) is 18.0 Å². The van der Waals surface area contributed by atoms with E-state index in [1.54, 1.807) is 24.5 Å². The van der Waals surface area contributed by atoms with Crippen LogP contribution in [0, 0.1) is 0 Å². The van der Waals surface area contributed by atoms with Gasteiger partial charge in [-0.1, -0.05) is 36.0 Å². The lowest BCUT2D eigenvalue weighted by atomic mass is 10.1. The molecule has 0 saturated carbocycles. The molecule has 0 radical (unpaired) electrons. The molecular weight excluding hydrogens is 401 g/mol. The molecule has 150 valence electrons. The molecule has 0 unspecified atom stereocenters. The number of hydrogen-bond donors (Lipinski definition) is 1. The van der Waals surface area contributed by atoms with Gasteiger partial charge in [-0.2, -0.15) is 13.2 Å². The fraction of sp³-hybridized carbons (Fsp3) is 0.200. The lowest BCUT2D eigenvalue weighted by Gasteiger charge is -2.09. The zero-order chi connectivity index (χ0) is 20.7. The van der Waals surface area contributed by atoms with Crippen molar-refractivity contribution in [1.29, 1.82) is 0 Å². The minimum atomic E-state index is -4.38. The molecule has 2 heterocycles. The summed E-state index contributed by atoms with van der Waals surface area (Å²) in [4.78, 5) is 24.7. The van der Waals surface area contributed by atoms with Crippen molar-refractivity contribution in [3.63, 3.8) is 0 Å². The summed E-state index contributed by atoms with van der Waals surface area (Å²) in [5.74, 6) is -0.136. The van der Waals surface area contributed by atoms with Crippen LogP contribution < -0.4 is 5.32 Å². The molecule has 0 aliphatic heterocycles. The van der Waals surface area contributed by atoms with E-state index in [1.165, 1.54) is 17.8 Å². The lowest BCUT2D eigenvalue weighted by Crippen LogP contribution is -2.27. The number of benzene rings is 1. The number of carbonyl (C=O) groups is 1. The van der Waals surface area contributed by atoms with Crippen LogP contribution in [0.1, 0.15) is 11.1 Å². The van der Waals surface area contributed by atoms with Crippen LogP contribution in [0.5, 0.6) is 0 Å². The molecule has 9 heteroatoms. The van der Waals surface area contributed by atoms with Gasteiger partial charge in [0.2, 0.25) is 5.91 Å². The Balaban J connectivity index is 1.47. The summed E-state index contributed by atoms with van der Waals surface area (Å²) < 4.78 is 38.2. The monoisotopic (exact) mass is 418 g/mol. The zero-order valence-corrected chi connectivity index (χ0v) is 16.0. The van der Waals surface area contributed by atoms with Gasteiger partial charge in [0.25, 0.3) is 0 Å². The van der Waals surface area contributed by atoms with Crippen LogP contribution in [-0.2, 0) is 17.4 Å². The maximum atomic E-state index is 12.7. The number of alkyl halides is 3. The van der Waals surface area contributed by atoms with Gasteiger partial charge in [-0.25, -0.2) is 9.97 Å². The summed E-state index contributed by atoms with van der Waals surface area (Å²) >= 11 is 1.18. The van der Waals surface area contributed by atoms with Gasteiger partial charge in [0.1, 0.15) is 0 Å². The van der Waals surface area contributed by atoms with E-state index in [2.05, 4.69) is 20.3 Å². The van der Waals surface area contributed by atoms with Crippen molar-refractivity contribution in [3.8, 4) is 11.4 Å². The van der Waals surface area contributed by atoms with E-state index >= 15 is 0 Å². The van der Waals surface area contributed by atoms with Crippen LogP contribution in [0.25, 0.3) is 11.4 Å². The topological polar surface area (TPSA) is 67.8 Å². The number of nitrogens with zero attached hydrogens (tertiary/aromatic N) is 3. The fourth-order valence-corrected chi connectivity index (χ4v) is 3.16. The van der Waals surface area contributed by atoms with Crippen molar-refractivity contribution in [1.82, 2.24) is 20.3 Å². The maximum Gasteiger partial charge on any atom is 0.416 e. The normalized spacial score (nSPS) is 11.3. The third-order valence-electron chi connectivity index (χ3n) is 3.88. The summed E-state index contributed by atoms with van der Waals surface area (Å²) in [5.41, 5.74) is 1.19. The average Bonchev–Trinajstić information content (AvgIpc) is 2.73. The van der Waals surface area contributed by atoms with Gasteiger partial charge >= 0.3 is 6.18 Å². The predicted octanol–water partition coefficient (Wildman–Crippen LogP) is 4.01. The molecule has 0 atom stereocenters. The van der Waals surface area contributed by atoms with Gasteiger partial charge in [0.15, 0.2) is 5.16 Å². The van der Waals surface area contributed by atoms with E-state index in [4.69, 9.17) is 0 Å². The van der Waals surface area contributed by atoms with Crippen molar-refractivity contribution < 1.29 is 18.0 Å². The molecular formula is C20H17F3N4OS. The molecule has 0 aliphatic carbocycles. The van der Waals surface area contributed by atoms with Gasteiger partial charge in [-0.15, -0.1) is 0 Å². The number of carbonyl (C=O) groups excluding carboxylic acids is 1. The Hall–Kier alpha value is -2.94. The third kappa shape index (κ3) is 6.28. The first kappa shape index (κ1) is 20.8. The molecule has 2 aromatic heterocycles. The molecule has 3 rings (SSSR count). The molecule has 0 bridgehead atoms. The highest BCUT2D eigenvalue weighted by molar-refractivity contribution is 7.99. The Morgan fingerprint density at radius 3 is 2.62 bits per heavy atom. The molecule has 1 amide bonds. The van der Waals surface area contributed by atoms with Crippen LogP contribution in [0.2, 0.25) is 0 Å². The first-order chi connectivity index (χ1) is 13.9. The highest BCUT2D eigenvalue weighted by atomic mass is 32.2. The number of hydrogen-bond acceptors (Lipinski definition) is 5. The first-order valence-electron chi connectivity index (χ1n) is 8.72. The number of thioether (sulfide) groups is 1. The summed E-state index contributed by atoms with van der Waals surface area (Å²) in [6, 6.07) is 12.3. The number of nitrogens with one attached hydrogen (secondary N) is 1.